The first-order valence-electron chi connectivity index (χ1n) is 16.5. The van der Waals surface area contributed by atoms with Crippen molar-refractivity contribution < 1.29 is 189 Å². The smallest absolute Gasteiger partial charge is 0.336 e. The molecule has 0 unspecified atom stereocenters. The molecule has 0 radical (unpaired) electrons. The molecule has 66 nitrogen and oxygen atoms in total. The van der Waals surface area contributed by atoms with Crippen LogP contribution in [0, 0.1) is 0 Å². The highest BCUT2D eigenvalue weighted by Gasteiger charge is 1.69. The van der Waals surface area contributed by atoms with E-state index < -0.39 is 36.6 Å². The van der Waals surface area contributed by atoms with Crippen molar-refractivity contribution in [2.24, 2.45) is 172 Å². The molecular weight excluding hydrogens is 1200 g/mol. The summed E-state index contributed by atoms with van der Waals surface area (Å²) in [5, 5.41) is 195. The van der Waals surface area contributed by atoms with Crippen molar-refractivity contribution in [2.75, 3.05) is 0 Å². The van der Waals surface area contributed by atoms with Gasteiger partial charge in [-0.1, -0.05) is 0 Å². The van der Waals surface area contributed by atoms with Crippen molar-refractivity contribution in [3.8, 4) is 0 Å². The van der Waals surface area contributed by atoms with Gasteiger partial charge in [0.2, 0.25) is 0 Å². The van der Waals surface area contributed by atoms with Crippen LogP contribution in [0.3, 0.4) is 0 Å². The molecule has 86 heavy (non-hydrogen) atoms. The molecule has 0 aromatic rings. The molecule has 0 aliphatic heterocycles. The Morgan fingerprint density at radius 2 is 0.128 bits per heavy atom. The molecule has 0 aromatic carbocycles. The summed E-state index contributed by atoms with van der Waals surface area (Å²) in [6.45, 7) is 0. The van der Waals surface area contributed by atoms with Gasteiger partial charge in [-0.05, 0) is 0 Å². The van der Waals surface area contributed by atoms with Gasteiger partial charge in [0.25, 0.3) is 0 Å². The number of hydrogen-bond donors (Lipinski definition) is 45. The van der Waals surface area contributed by atoms with Gasteiger partial charge in [0.15, 0.2) is 0 Å². The van der Waals surface area contributed by atoms with E-state index in [1.807, 2.05) is 0 Å². The lowest BCUT2D eigenvalue weighted by atomic mass is 10.3. The molecule has 0 aliphatic carbocycles. The summed E-state index contributed by atoms with van der Waals surface area (Å²) in [7, 11) is -14.6. The van der Waals surface area contributed by atoms with Crippen molar-refractivity contribution in [1.82, 2.24) is 0 Å². The van der Waals surface area contributed by atoms with Crippen LogP contribution in [-0.4, -0.2) is 159 Å². The molecule has 0 fully saturated rings. The molecule has 0 saturated heterocycles. The zero-order valence-corrected chi connectivity index (χ0v) is 45.5. The Morgan fingerprint density at radius 3 is 0.128 bits per heavy atom. The van der Waals surface area contributed by atoms with Gasteiger partial charge >= 0.3 is 89.4 Å². The lowest BCUT2D eigenvalue weighted by molar-refractivity contribution is -0.481. The minimum Gasteiger partial charge on any atom is -0.907 e. The predicted molar refractivity (Wildman–Crippen MR) is 280 cm³/mol. The third-order valence-electron chi connectivity index (χ3n) is 0. The number of nitrogens with two attached hydrogens (primary N) is 45. The molecule has 0 saturated carbocycles. The summed E-state index contributed by atoms with van der Waals surface area (Å²) in [5.74, 6) is -1.25. The van der Waals surface area contributed by atoms with Gasteiger partial charge in [0, 0.05) is 0 Å². The normalized spacial score (nSPS) is 5.76. The van der Waals surface area contributed by atoms with Crippen molar-refractivity contribution in [3.05, 3.63) is 0 Å². The van der Waals surface area contributed by atoms with E-state index in [4.69, 9.17) is 75.4 Å². The first kappa shape index (κ1) is 171. The Hall–Kier alpha value is -11.5. The second kappa shape index (κ2) is 164. The van der Waals surface area contributed by atoms with E-state index in [-0.39, 0.29) is 122 Å². The van der Waals surface area contributed by atoms with E-state index in [9.17, 15) is 0 Å². The molecule has 0 heterocycles. The van der Waals surface area contributed by atoms with Crippen molar-refractivity contribution in [2.45, 2.75) is 0 Å². The zero-order chi connectivity index (χ0) is 71.5. The maximum atomic E-state index is 8.42. The van der Waals surface area contributed by atoms with Gasteiger partial charge in [0.05, 0.1) is 0 Å². The van der Waals surface area contributed by atoms with Crippen molar-refractivity contribution in [1.29, 1.82) is 0 Å². The molecule has 0 amide bonds. The Morgan fingerprint density at radius 1 is 0.128 bits per heavy atom. The predicted octanol–water partition coefficient (Wildman–Crippen LogP) is -69.4. The van der Waals surface area contributed by atoms with Gasteiger partial charge < -0.3 is 108 Å². The molecule has 102 N–H and O–H groups in total. The van der Waals surface area contributed by atoms with E-state index in [2.05, 4.69) is 253 Å². The van der Waals surface area contributed by atoms with E-state index in [0.29, 0.717) is 0 Å². The van der Waals surface area contributed by atoms with Gasteiger partial charge in [-0.2, -0.15) is 0 Å². The van der Waals surface area contributed by atoms with E-state index in [1.165, 1.54) is 0 Å². The minimum absolute atomic E-state index is 0. The Kier molecular flexibility index (Phi) is 327. The van der Waals surface area contributed by atoms with Crippen LogP contribution in [0.1, 0.15) is 0 Å². The van der Waals surface area contributed by atoms with Crippen LogP contribution >= 0.6 is 0 Å². The van der Waals surface area contributed by atoms with Gasteiger partial charge in [-0.3, -0.25) is 290 Å². The average molecular weight is 1300 g/mol. The fraction of sp³-hybridized carbons (Fsp3) is 0. The summed E-state index contributed by atoms with van der Waals surface area (Å²) >= 11 is 0. The SMILES string of the molecule is NC(N)=[NH2+].NC(N)=[NH2+].NC(N)=[NH2+].NC(N)=[NH2+].NC(N)=[NH2+].NC(N)=[NH2+].NC(N)=[NH2+].NC(N)=[NH2+].NC(N)=[NH2+].NC(N)=[NH2+].NC(N)=[NH2+].NC(N)=[NH2+].NC(N)=[NH2+].NC(N)=[NH2+].NC(N)=[NH2+].O.O.O.O.O.O.[O-]B([O-])[O-].[O-]B([O-])[O-].[O-]B([O-])[O-].[O-]B([O-])[O-].[O-]B([O-])[O-]. The van der Waals surface area contributed by atoms with Gasteiger partial charge in [0.1, 0.15) is 0 Å². The molecule has 0 spiro atoms. The topological polar surface area (TPSA) is 1700 Å². The highest BCUT2D eigenvalue weighted by molar-refractivity contribution is 6.24. The quantitative estimate of drug-likeness (QED) is 0.0608. The molecule has 528 valence electrons. The number of guanidine groups is 15. The maximum absolute atomic E-state index is 8.42. The first-order chi connectivity index (χ1) is 34.6. The Bertz CT molecular complexity index is 1020. The molecule has 0 rings (SSSR count). The van der Waals surface area contributed by atoms with Crippen LogP contribution in [0.25, 0.3) is 0 Å². The summed E-state index contributed by atoms with van der Waals surface area (Å²) in [4.78, 5) is 0. The summed E-state index contributed by atoms with van der Waals surface area (Å²) < 4.78 is 0. The summed E-state index contributed by atoms with van der Waals surface area (Å²) in [6, 6.07) is 0. The van der Waals surface area contributed by atoms with E-state index in [0.717, 1.165) is 0 Å². The van der Waals surface area contributed by atoms with Crippen LogP contribution in [-0.2, 0) is 0 Å². The Labute approximate surface area is 487 Å². The molecule has 0 aliphatic rings. The van der Waals surface area contributed by atoms with Crippen molar-refractivity contribution in [3.63, 3.8) is 0 Å². The van der Waals surface area contributed by atoms with Crippen LogP contribution in [0.2, 0.25) is 0 Å². The van der Waals surface area contributed by atoms with E-state index in [1.54, 1.807) is 0 Å². The molecule has 0 atom stereocenters. The second-order valence-electron chi connectivity index (χ2n) is 8.94. The third-order valence-corrected chi connectivity index (χ3v) is 0. The lowest BCUT2D eigenvalue weighted by Gasteiger charge is -2.35. The monoisotopic (exact) mass is 1300 g/mol. The number of rotatable bonds is 0. The highest BCUT2D eigenvalue weighted by atomic mass is 16.5. The van der Waals surface area contributed by atoms with Crippen molar-refractivity contribution >= 4 is 126 Å². The zero-order valence-electron chi connectivity index (χ0n) is 45.5. The van der Waals surface area contributed by atoms with Gasteiger partial charge in [-0.25, -0.2) is 0 Å². The van der Waals surface area contributed by atoms with Gasteiger partial charge in [-0.15, -0.1) is 0 Å². The fourth-order valence-corrected chi connectivity index (χ4v) is 0. The van der Waals surface area contributed by atoms with Crippen LogP contribution < -0.4 is 329 Å². The largest absolute Gasteiger partial charge is 0.907 e. The molecular formula is C15H102B5N45O21. The second-order valence-corrected chi connectivity index (χ2v) is 8.94. The fourth-order valence-electron chi connectivity index (χ4n) is 0. The number of hydrogen-bond acceptors (Lipinski definition) is 15. The van der Waals surface area contributed by atoms with E-state index >= 15 is 0 Å². The molecule has 0 bridgehead atoms. The minimum atomic E-state index is -2.92. The Balaban J connectivity index is -0.0000000183. The lowest BCUT2D eigenvalue weighted by Crippen LogP contribution is -2.56. The van der Waals surface area contributed by atoms with Crippen LogP contribution in [0.5, 0.6) is 0 Å². The molecule has 71 heteroatoms. The van der Waals surface area contributed by atoms with Crippen LogP contribution in [0.4, 0.5) is 0 Å². The summed E-state index contributed by atoms with van der Waals surface area (Å²) in [5.41, 5.74) is 137. The highest BCUT2D eigenvalue weighted by Crippen LogP contribution is 1.02. The molecule has 0 aromatic heterocycles. The first-order valence-corrected chi connectivity index (χ1v) is 16.5. The van der Waals surface area contributed by atoms with Crippen LogP contribution in [0.15, 0.2) is 0 Å². The standard InChI is InChI=1S/15CH5N3.5BO3.6H2O/c20*2-1(3)4;;;;;;/h15*(H5,2,3,4);;;;;;6*1H2/q;;;;;;;;;;;;;;;5*-3;;;;;;/p+15. The maximum Gasteiger partial charge on any atom is 0.336 e. The summed E-state index contributed by atoms with van der Waals surface area (Å²) in [6.07, 6.45) is 0. The third kappa shape index (κ3) is 2820. The average Bonchev–Trinajstić information content (AvgIpc) is 2.99.